The highest BCUT2D eigenvalue weighted by Crippen LogP contribution is 2.21. The highest BCUT2D eigenvalue weighted by molar-refractivity contribution is 5.69. The fraction of sp³-hybridized carbons (Fsp3) is 0.833. The lowest BCUT2D eigenvalue weighted by Gasteiger charge is -2.39. The van der Waals surface area contributed by atoms with Crippen LogP contribution in [0.15, 0.2) is 0 Å². The molecule has 0 aromatic carbocycles. The molecule has 0 aromatic heterocycles. The summed E-state index contributed by atoms with van der Waals surface area (Å²) < 4.78 is 5.19. The molecule has 1 saturated heterocycles. The fourth-order valence-corrected chi connectivity index (χ4v) is 2.05. The first-order chi connectivity index (χ1) is 8.11. The van der Waals surface area contributed by atoms with Crippen LogP contribution >= 0.6 is 0 Å². The molecule has 0 unspecified atom stereocenters. The second-order valence-electron chi connectivity index (χ2n) is 6.00. The van der Waals surface area contributed by atoms with Gasteiger partial charge < -0.3 is 20.1 Å². The summed E-state index contributed by atoms with van der Waals surface area (Å²) >= 11 is 0. The number of ether oxygens (including phenoxy) is 1. The Balaban J connectivity index is 2.59. The molecule has 1 aliphatic heterocycles. The van der Waals surface area contributed by atoms with Gasteiger partial charge in [-0.25, -0.2) is 9.59 Å². The third-order valence-electron chi connectivity index (χ3n) is 2.77. The molecule has 0 saturated carbocycles. The maximum Gasteiger partial charge on any atom is 0.408 e. The number of rotatable bonds is 1. The summed E-state index contributed by atoms with van der Waals surface area (Å²) in [4.78, 5) is 24.0. The van der Waals surface area contributed by atoms with Crippen molar-refractivity contribution in [2.45, 2.75) is 51.7 Å². The number of amides is 2. The van der Waals surface area contributed by atoms with E-state index in [-0.39, 0.29) is 0 Å². The van der Waals surface area contributed by atoms with Gasteiger partial charge in [0.05, 0.1) is 5.54 Å². The molecule has 6 nitrogen and oxygen atoms in total. The van der Waals surface area contributed by atoms with E-state index in [2.05, 4.69) is 5.32 Å². The van der Waals surface area contributed by atoms with Gasteiger partial charge >= 0.3 is 12.2 Å². The molecule has 1 heterocycles. The average molecular weight is 258 g/mol. The second kappa shape index (κ2) is 5.04. The van der Waals surface area contributed by atoms with E-state index < -0.39 is 23.3 Å². The Kier molecular flexibility index (Phi) is 4.09. The van der Waals surface area contributed by atoms with Crippen molar-refractivity contribution in [1.29, 1.82) is 0 Å². The van der Waals surface area contributed by atoms with E-state index in [0.29, 0.717) is 13.1 Å². The number of nitrogens with zero attached hydrogens (tertiary/aromatic N) is 1. The highest BCUT2D eigenvalue weighted by Gasteiger charge is 2.35. The number of carbonyl (C=O) groups excluding carboxylic acids is 1. The van der Waals surface area contributed by atoms with Crippen LogP contribution in [-0.4, -0.2) is 46.4 Å². The Bertz CT molecular complexity index is 337. The van der Waals surface area contributed by atoms with Gasteiger partial charge in [-0.05, 0) is 40.5 Å². The molecular formula is C12H22N2O4. The van der Waals surface area contributed by atoms with Crippen molar-refractivity contribution < 1.29 is 19.4 Å². The molecule has 0 aliphatic carbocycles. The Hall–Kier alpha value is -1.46. The van der Waals surface area contributed by atoms with Crippen molar-refractivity contribution in [2.24, 2.45) is 0 Å². The first kappa shape index (κ1) is 14.6. The topological polar surface area (TPSA) is 78.9 Å². The van der Waals surface area contributed by atoms with Crippen LogP contribution in [0.4, 0.5) is 9.59 Å². The molecule has 18 heavy (non-hydrogen) atoms. The molecule has 1 rings (SSSR count). The Morgan fingerprint density at radius 3 is 2.50 bits per heavy atom. The van der Waals surface area contributed by atoms with Crippen molar-refractivity contribution >= 4 is 12.2 Å². The van der Waals surface area contributed by atoms with Crippen LogP contribution in [0.3, 0.4) is 0 Å². The summed E-state index contributed by atoms with van der Waals surface area (Å²) in [5.41, 5.74) is -1.11. The van der Waals surface area contributed by atoms with Gasteiger partial charge in [-0.1, -0.05) is 0 Å². The summed E-state index contributed by atoms with van der Waals surface area (Å²) in [6.07, 6.45) is 0.0263. The van der Waals surface area contributed by atoms with E-state index in [1.807, 2.05) is 6.92 Å². The van der Waals surface area contributed by atoms with Crippen LogP contribution in [0, 0.1) is 0 Å². The quantitative estimate of drug-likeness (QED) is 0.754. The molecule has 0 aromatic rings. The molecule has 6 heteroatoms. The van der Waals surface area contributed by atoms with Gasteiger partial charge in [0.15, 0.2) is 0 Å². The minimum absolute atomic E-state index is 0.293. The molecule has 2 amide bonds. The number of piperidine rings is 1. The smallest absolute Gasteiger partial charge is 0.408 e. The van der Waals surface area contributed by atoms with E-state index in [1.54, 1.807) is 20.8 Å². The lowest BCUT2D eigenvalue weighted by molar-refractivity contribution is 0.0386. The van der Waals surface area contributed by atoms with Crippen molar-refractivity contribution in [3.05, 3.63) is 0 Å². The monoisotopic (exact) mass is 258 g/mol. The molecule has 2 N–H and O–H groups in total. The molecule has 0 spiro atoms. The lowest BCUT2D eigenvalue weighted by atomic mass is 9.91. The highest BCUT2D eigenvalue weighted by atomic mass is 16.6. The number of carboxylic acid groups (broad SMARTS) is 1. The Morgan fingerprint density at radius 2 is 2.00 bits per heavy atom. The van der Waals surface area contributed by atoms with Gasteiger partial charge in [-0.3, -0.25) is 0 Å². The number of hydrogen-bond donors (Lipinski definition) is 2. The number of likely N-dealkylation sites (tertiary alicyclic amines) is 1. The van der Waals surface area contributed by atoms with E-state index in [1.165, 1.54) is 4.90 Å². The zero-order valence-electron chi connectivity index (χ0n) is 11.4. The van der Waals surface area contributed by atoms with E-state index in [0.717, 1.165) is 12.8 Å². The van der Waals surface area contributed by atoms with Crippen molar-refractivity contribution in [2.75, 3.05) is 13.1 Å². The number of nitrogens with one attached hydrogen (secondary N) is 1. The lowest BCUT2D eigenvalue weighted by Crippen LogP contribution is -2.58. The SMILES string of the molecule is CC(C)(C)OC(=O)N[C@]1(C)CCCN(C(=O)O)C1. The van der Waals surface area contributed by atoms with Crippen LogP contribution in [0.5, 0.6) is 0 Å². The normalized spacial score (nSPS) is 24.6. The summed E-state index contributed by atoms with van der Waals surface area (Å²) in [7, 11) is 0. The van der Waals surface area contributed by atoms with Gasteiger partial charge in [0.2, 0.25) is 0 Å². The maximum absolute atomic E-state index is 11.7. The summed E-state index contributed by atoms with van der Waals surface area (Å²) in [6, 6.07) is 0. The van der Waals surface area contributed by atoms with Crippen LogP contribution < -0.4 is 5.32 Å². The van der Waals surface area contributed by atoms with E-state index in [9.17, 15) is 9.59 Å². The maximum atomic E-state index is 11.7. The summed E-state index contributed by atoms with van der Waals surface area (Å²) in [5, 5.41) is 11.7. The molecular weight excluding hydrogens is 236 g/mol. The van der Waals surface area contributed by atoms with Gasteiger partial charge in [0.25, 0.3) is 0 Å². The summed E-state index contributed by atoms with van der Waals surface area (Å²) in [5.74, 6) is 0. The zero-order chi connectivity index (χ0) is 14.0. The first-order valence-electron chi connectivity index (χ1n) is 6.10. The van der Waals surface area contributed by atoms with Gasteiger partial charge in [0, 0.05) is 13.1 Å². The van der Waals surface area contributed by atoms with Crippen molar-refractivity contribution in [3.8, 4) is 0 Å². The predicted molar refractivity (Wildman–Crippen MR) is 66.6 cm³/mol. The largest absolute Gasteiger partial charge is 0.465 e. The fourth-order valence-electron chi connectivity index (χ4n) is 2.05. The minimum Gasteiger partial charge on any atom is -0.465 e. The van der Waals surface area contributed by atoms with Crippen molar-refractivity contribution in [1.82, 2.24) is 10.2 Å². The standard InChI is InChI=1S/C12H22N2O4/c1-11(2,3)18-9(15)13-12(4)6-5-7-14(8-12)10(16)17/h5-8H2,1-4H3,(H,13,15)(H,16,17)/t12-/m1/s1. The van der Waals surface area contributed by atoms with Crippen LogP contribution in [0.1, 0.15) is 40.5 Å². The Morgan fingerprint density at radius 1 is 1.39 bits per heavy atom. The molecule has 1 fully saturated rings. The van der Waals surface area contributed by atoms with Crippen molar-refractivity contribution in [3.63, 3.8) is 0 Å². The predicted octanol–water partition coefficient (Wildman–Crippen LogP) is 2.04. The molecule has 1 atom stereocenters. The van der Waals surface area contributed by atoms with Crippen LogP contribution in [0.25, 0.3) is 0 Å². The number of carbonyl (C=O) groups is 2. The molecule has 1 aliphatic rings. The second-order valence-corrected chi connectivity index (χ2v) is 6.00. The van der Waals surface area contributed by atoms with Gasteiger partial charge in [0.1, 0.15) is 5.60 Å². The number of hydrogen-bond acceptors (Lipinski definition) is 3. The molecule has 0 radical (unpaired) electrons. The van der Waals surface area contributed by atoms with Gasteiger partial charge in [-0.2, -0.15) is 0 Å². The average Bonchev–Trinajstić information content (AvgIpc) is 2.12. The van der Waals surface area contributed by atoms with Crippen LogP contribution in [-0.2, 0) is 4.74 Å². The summed E-state index contributed by atoms with van der Waals surface area (Å²) in [6.45, 7) is 8.02. The Labute approximate surface area is 107 Å². The van der Waals surface area contributed by atoms with E-state index in [4.69, 9.17) is 9.84 Å². The van der Waals surface area contributed by atoms with Crippen LogP contribution in [0.2, 0.25) is 0 Å². The van der Waals surface area contributed by atoms with E-state index >= 15 is 0 Å². The third-order valence-corrected chi connectivity index (χ3v) is 2.77. The molecule has 104 valence electrons. The number of alkyl carbamates (subject to hydrolysis) is 1. The zero-order valence-corrected chi connectivity index (χ0v) is 11.4. The minimum atomic E-state index is -0.952. The molecule has 0 bridgehead atoms. The van der Waals surface area contributed by atoms with Gasteiger partial charge in [-0.15, -0.1) is 0 Å². The first-order valence-corrected chi connectivity index (χ1v) is 6.10. The third kappa shape index (κ3) is 4.43.